The second kappa shape index (κ2) is 10.0. The van der Waals surface area contributed by atoms with Gasteiger partial charge in [-0.25, -0.2) is 0 Å². The first-order chi connectivity index (χ1) is 17.0. The number of pyridine rings is 1. The second-order valence-corrected chi connectivity index (χ2v) is 11.4. The van der Waals surface area contributed by atoms with Gasteiger partial charge in [0.15, 0.2) is 5.78 Å². The predicted molar refractivity (Wildman–Crippen MR) is 144 cm³/mol. The zero-order chi connectivity index (χ0) is 26.1. The molecule has 5 nitrogen and oxygen atoms in total. The third kappa shape index (κ3) is 5.95. The lowest BCUT2D eigenvalue weighted by Crippen LogP contribution is -2.57. The number of ether oxygens (including phenoxy) is 1. The van der Waals surface area contributed by atoms with Gasteiger partial charge in [-0.3, -0.25) is 9.78 Å². The number of carbonyl (C=O) groups excluding carboxylic acids is 1. The average molecular weight is 502 g/mol. The van der Waals surface area contributed by atoms with Crippen LogP contribution in [0.3, 0.4) is 0 Å². The molecule has 0 spiro atoms. The number of nitrogens with zero attached hydrogens (tertiary/aromatic N) is 2. The van der Waals surface area contributed by atoms with Crippen LogP contribution in [0.2, 0.25) is 5.02 Å². The first-order valence-corrected chi connectivity index (χ1v) is 12.6. The van der Waals surface area contributed by atoms with Crippen molar-refractivity contribution >= 4 is 17.4 Å². The van der Waals surface area contributed by atoms with E-state index in [-0.39, 0.29) is 16.9 Å². The molecule has 36 heavy (non-hydrogen) atoms. The van der Waals surface area contributed by atoms with E-state index < -0.39 is 0 Å². The van der Waals surface area contributed by atoms with E-state index >= 15 is 0 Å². The van der Waals surface area contributed by atoms with Crippen LogP contribution in [0.1, 0.15) is 68.6 Å². The molecule has 0 unspecified atom stereocenters. The molecule has 1 aromatic heterocycles. The summed E-state index contributed by atoms with van der Waals surface area (Å²) in [6, 6.07) is 16.6. The van der Waals surface area contributed by atoms with Gasteiger partial charge in [-0.05, 0) is 83.7 Å². The number of ketones is 1. The fraction of sp³-hybridized carbons (Fsp3) is 0.367. The maximum Gasteiger partial charge on any atom is 0.163 e. The molecule has 1 fully saturated rings. The molecule has 0 atom stereocenters. The fourth-order valence-corrected chi connectivity index (χ4v) is 5.75. The molecule has 1 aliphatic rings. The van der Waals surface area contributed by atoms with Crippen molar-refractivity contribution in [2.45, 2.75) is 65.0 Å². The van der Waals surface area contributed by atoms with Gasteiger partial charge in [0.2, 0.25) is 0 Å². The molecule has 1 N–H and O–H groups in total. The number of carbonyl (C=O) groups is 1. The third-order valence-electron chi connectivity index (χ3n) is 6.58. The fourth-order valence-electron chi connectivity index (χ4n) is 5.53. The van der Waals surface area contributed by atoms with Crippen molar-refractivity contribution in [3.8, 4) is 28.7 Å². The normalized spacial score (nSPS) is 16.8. The van der Waals surface area contributed by atoms with Crippen molar-refractivity contribution in [2.24, 2.45) is 5.92 Å². The van der Waals surface area contributed by atoms with E-state index in [9.17, 15) is 10.1 Å². The maximum atomic E-state index is 13.1. The van der Waals surface area contributed by atoms with Crippen molar-refractivity contribution in [1.29, 1.82) is 5.26 Å². The molecule has 1 saturated heterocycles. The van der Waals surface area contributed by atoms with E-state index in [0.717, 1.165) is 29.7 Å². The Bertz CT molecular complexity index is 1310. The number of hydrogen-bond donors (Lipinski definition) is 1. The molecular formula is C30H32ClN3O2. The average Bonchev–Trinajstić information content (AvgIpc) is 2.78. The van der Waals surface area contributed by atoms with E-state index in [1.807, 2.05) is 31.2 Å². The molecule has 0 bridgehead atoms. The summed E-state index contributed by atoms with van der Waals surface area (Å²) in [5, 5.41) is 13.9. The molecule has 2 heterocycles. The highest BCUT2D eigenvalue weighted by molar-refractivity contribution is 6.32. The Kier molecular flexibility index (Phi) is 7.22. The summed E-state index contributed by atoms with van der Waals surface area (Å²) in [5.41, 5.74) is 3.42. The Hall–Kier alpha value is -3.20. The number of piperidine rings is 1. The number of rotatable bonds is 6. The number of benzene rings is 2. The first kappa shape index (κ1) is 25.9. The summed E-state index contributed by atoms with van der Waals surface area (Å²) in [6.07, 6.45) is 4.12. The van der Waals surface area contributed by atoms with Gasteiger partial charge in [0, 0.05) is 46.1 Å². The topological polar surface area (TPSA) is 75.0 Å². The number of aryl methyl sites for hydroxylation is 1. The van der Waals surface area contributed by atoms with Crippen LogP contribution in [0.15, 0.2) is 54.7 Å². The third-order valence-corrected chi connectivity index (χ3v) is 6.88. The highest BCUT2D eigenvalue weighted by atomic mass is 35.5. The molecule has 0 saturated carbocycles. The van der Waals surface area contributed by atoms with E-state index in [1.54, 1.807) is 30.5 Å². The largest absolute Gasteiger partial charge is 0.454 e. The van der Waals surface area contributed by atoms with Crippen LogP contribution in [0.5, 0.6) is 11.5 Å². The van der Waals surface area contributed by atoms with E-state index in [2.05, 4.69) is 44.1 Å². The first-order valence-electron chi connectivity index (χ1n) is 12.2. The molecule has 186 valence electrons. The summed E-state index contributed by atoms with van der Waals surface area (Å²) in [7, 11) is 0. The summed E-state index contributed by atoms with van der Waals surface area (Å²) in [6.45, 7) is 10.7. The Balaban J connectivity index is 1.53. The van der Waals surface area contributed by atoms with Gasteiger partial charge >= 0.3 is 0 Å². The van der Waals surface area contributed by atoms with Crippen LogP contribution < -0.4 is 10.1 Å². The Morgan fingerprint density at radius 2 is 1.83 bits per heavy atom. The molecule has 2 aromatic carbocycles. The minimum absolute atomic E-state index is 0.0103. The van der Waals surface area contributed by atoms with Gasteiger partial charge < -0.3 is 10.1 Å². The predicted octanol–water partition coefficient (Wildman–Crippen LogP) is 7.50. The van der Waals surface area contributed by atoms with Crippen molar-refractivity contribution in [1.82, 2.24) is 10.3 Å². The number of nitrogens with one attached hydrogen (secondary N) is 1. The minimum Gasteiger partial charge on any atom is -0.454 e. The zero-order valence-corrected chi connectivity index (χ0v) is 22.2. The summed E-state index contributed by atoms with van der Waals surface area (Å²) >= 11 is 6.55. The molecule has 4 rings (SSSR count). The molecular weight excluding hydrogens is 470 g/mol. The lowest BCUT2D eigenvalue weighted by molar-refractivity contribution is 0.0864. The van der Waals surface area contributed by atoms with Gasteiger partial charge in [0.25, 0.3) is 0 Å². The van der Waals surface area contributed by atoms with Crippen LogP contribution >= 0.6 is 11.6 Å². The standard InChI is InChI=1S/C30H32ClN3O2/c1-19-9-10-22(18-33-19)23-7-6-8-27(24(23)17-32)36-28-12-11-21(14-25(28)31)26(35)13-20-15-29(2,3)34-30(4,5)16-20/h6-12,14,18,20,34H,13,15-16H2,1-5H3. The highest BCUT2D eigenvalue weighted by Crippen LogP contribution is 2.38. The highest BCUT2D eigenvalue weighted by Gasteiger charge is 2.38. The minimum atomic E-state index is -0.0103. The number of Topliss-reactive ketones (excluding diaryl/α,β-unsaturated/α-hetero) is 1. The van der Waals surface area contributed by atoms with Crippen molar-refractivity contribution < 1.29 is 9.53 Å². The van der Waals surface area contributed by atoms with Crippen LogP contribution in [-0.4, -0.2) is 21.8 Å². The van der Waals surface area contributed by atoms with E-state index in [0.29, 0.717) is 40.0 Å². The number of aromatic nitrogens is 1. The molecule has 3 aromatic rings. The Morgan fingerprint density at radius 1 is 1.11 bits per heavy atom. The number of halogens is 1. The Labute approximate surface area is 218 Å². The summed E-state index contributed by atoms with van der Waals surface area (Å²) < 4.78 is 6.06. The second-order valence-electron chi connectivity index (χ2n) is 11.0. The van der Waals surface area contributed by atoms with E-state index in [4.69, 9.17) is 16.3 Å². The monoisotopic (exact) mass is 501 g/mol. The SMILES string of the molecule is Cc1ccc(-c2cccc(Oc3ccc(C(=O)CC4CC(C)(C)NC(C)(C)C4)cc3Cl)c2C#N)cn1. The van der Waals surface area contributed by atoms with Crippen LogP contribution in [-0.2, 0) is 0 Å². The van der Waals surface area contributed by atoms with Crippen LogP contribution in [0.4, 0.5) is 0 Å². The maximum absolute atomic E-state index is 13.1. The van der Waals surface area contributed by atoms with Crippen molar-refractivity contribution in [3.05, 3.63) is 76.6 Å². The smallest absolute Gasteiger partial charge is 0.163 e. The molecule has 6 heteroatoms. The zero-order valence-electron chi connectivity index (χ0n) is 21.5. The van der Waals surface area contributed by atoms with Crippen molar-refractivity contribution in [2.75, 3.05) is 0 Å². The molecule has 1 aliphatic heterocycles. The summed E-state index contributed by atoms with van der Waals surface area (Å²) in [4.78, 5) is 17.4. The molecule has 0 radical (unpaired) electrons. The van der Waals surface area contributed by atoms with Gasteiger partial charge in [-0.2, -0.15) is 5.26 Å². The quantitative estimate of drug-likeness (QED) is 0.354. The van der Waals surface area contributed by atoms with Crippen LogP contribution in [0.25, 0.3) is 11.1 Å². The lowest BCUT2D eigenvalue weighted by atomic mass is 9.74. The van der Waals surface area contributed by atoms with Gasteiger partial charge in [-0.1, -0.05) is 29.8 Å². The lowest BCUT2D eigenvalue weighted by Gasteiger charge is -2.46. The van der Waals surface area contributed by atoms with Gasteiger partial charge in [0.1, 0.15) is 23.1 Å². The van der Waals surface area contributed by atoms with E-state index in [1.165, 1.54) is 0 Å². The molecule has 0 aliphatic carbocycles. The van der Waals surface area contributed by atoms with Gasteiger partial charge in [-0.15, -0.1) is 0 Å². The van der Waals surface area contributed by atoms with Gasteiger partial charge in [0.05, 0.1) is 5.02 Å². The summed E-state index contributed by atoms with van der Waals surface area (Å²) in [5.74, 6) is 1.17. The Morgan fingerprint density at radius 3 is 2.44 bits per heavy atom. The number of hydrogen-bond acceptors (Lipinski definition) is 5. The van der Waals surface area contributed by atoms with Crippen molar-refractivity contribution in [3.63, 3.8) is 0 Å². The number of nitriles is 1. The van der Waals surface area contributed by atoms with Crippen LogP contribution in [0, 0.1) is 24.2 Å². The molecule has 0 amide bonds.